The lowest BCUT2D eigenvalue weighted by molar-refractivity contribution is -0.126. The van der Waals surface area contributed by atoms with E-state index in [1.807, 2.05) is 0 Å². The molecule has 0 aromatic heterocycles. The van der Waals surface area contributed by atoms with Crippen molar-refractivity contribution in [3.8, 4) is 0 Å². The molecule has 16 heavy (non-hydrogen) atoms. The summed E-state index contributed by atoms with van der Waals surface area (Å²) in [6.07, 6.45) is 5.47. The Hall–Kier alpha value is -1.06. The minimum Gasteiger partial charge on any atom is -0.341 e. The van der Waals surface area contributed by atoms with Gasteiger partial charge in [-0.15, -0.1) is 0 Å². The van der Waals surface area contributed by atoms with Crippen molar-refractivity contribution < 1.29 is 4.79 Å². The average molecular weight is 221 g/mol. The molecule has 4 heteroatoms. The lowest BCUT2D eigenvalue weighted by Crippen LogP contribution is -2.54. The van der Waals surface area contributed by atoms with Crippen LogP contribution in [0.2, 0.25) is 0 Å². The van der Waals surface area contributed by atoms with E-state index < -0.39 is 5.54 Å². The number of hydrogen-bond donors (Lipinski definition) is 2. The summed E-state index contributed by atoms with van der Waals surface area (Å²) in [5.74, 6) is 0.830. The fraction of sp³-hybridized carbons (Fsp3) is 0.833. The third-order valence-corrected chi connectivity index (χ3v) is 4.32. The van der Waals surface area contributed by atoms with Gasteiger partial charge in [-0.3, -0.25) is 10.1 Å². The van der Waals surface area contributed by atoms with Crippen molar-refractivity contribution in [2.75, 3.05) is 0 Å². The molecule has 1 amide bonds. The van der Waals surface area contributed by atoms with Crippen molar-refractivity contribution in [2.45, 2.75) is 57.5 Å². The van der Waals surface area contributed by atoms with E-state index in [2.05, 4.69) is 29.5 Å². The van der Waals surface area contributed by atoms with Crippen molar-refractivity contribution in [1.82, 2.24) is 10.6 Å². The molecule has 88 valence electrons. The molecular weight excluding hydrogens is 202 g/mol. The Morgan fingerprint density at radius 2 is 2.06 bits per heavy atom. The minimum absolute atomic E-state index is 0.0257. The number of aliphatic imine (C=N–C) groups is 1. The molecule has 3 aliphatic rings. The van der Waals surface area contributed by atoms with E-state index in [1.54, 1.807) is 0 Å². The Labute approximate surface area is 95.9 Å². The monoisotopic (exact) mass is 221 g/mol. The molecule has 1 saturated heterocycles. The molecule has 3 rings (SSSR count). The predicted octanol–water partition coefficient (Wildman–Crippen LogP) is 1.17. The Kier molecular flexibility index (Phi) is 1.89. The van der Waals surface area contributed by atoms with Crippen molar-refractivity contribution in [2.24, 2.45) is 10.4 Å². The number of rotatable bonds is 1. The van der Waals surface area contributed by atoms with Crippen LogP contribution in [0.1, 0.15) is 46.0 Å². The second-order valence-corrected chi connectivity index (χ2v) is 5.93. The SMILES string of the molecule is CC1(C)CCCC12NC(=NC1CC1)NC2=O. The quantitative estimate of drug-likeness (QED) is 0.698. The molecule has 0 aromatic rings. The van der Waals surface area contributed by atoms with E-state index in [9.17, 15) is 4.79 Å². The first-order valence-electron chi connectivity index (χ1n) is 6.21. The highest BCUT2D eigenvalue weighted by Crippen LogP contribution is 2.47. The van der Waals surface area contributed by atoms with Gasteiger partial charge in [-0.2, -0.15) is 0 Å². The molecule has 2 N–H and O–H groups in total. The van der Waals surface area contributed by atoms with Gasteiger partial charge in [0.25, 0.3) is 5.91 Å². The summed E-state index contributed by atoms with van der Waals surface area (Å²) < 4.78 is 0. The number of hydrogen-bond acceptors (Lipinski definition) is 2. The predicted molar refractivity (Wildman–Crippen MR) is 62.1 cm³/mol. The van der Waals surface area contributed by atoms with Crippen LogP contribution in [-0.2, 0) is 4.79 Å². The van der Waals surface area contributed by atoms with Crippen LogP contribution in [0, 0.1) is 5.41 Å². The zero-order valence-corrected chi connectivity index (χ0v) is 9.97. The highest BCUT2D eigenvalue weighted by Gasteiger charge is 2.58. The smallest absolute Gasteiger partial charge is 0.252 e. The minimum atomic E-state index is -0.402. The number of nitrogens with zero attached hydrogens (tertiary/aromatic N) is 1. The van der Waals surface area contributed by atoms with E-state index >= 15 is 0 Å². The van der Waals surface area contributed by atoms with E-state index in [4.69, 9.17) is 0 Å². The third kappa shape index (κ3) is 1.28. The summed E-state index contributed by atoms with van der Waals surface area (Å²) in [5, 5.41) is 6.28. The van der Waals surface area contributed by atoms with Crippen LogP contribution in [0.15, 0.2) is 4.99 Å². The molecular formula is C12H19N3O. The van der Waals surface area contributed by atoms with Crippen molar-refractivity contribution >= 4 is 11.9 Å². The number of carbonyl (C=O) groups excluding carboxylic acids is 1. The van der Waals surface area contributed by atoms with E-state index in [1.165, 1.54) is 0 Å². The van der Waals surface area contributed by atoms with Crippen LogP contribution in [0.3, 0.4) is 0 Å². The molecule has 0 aromatic carbocycles. The van der Waals surface area contributed by atoms with Gasteiger partial charge in [0.1, 0.15) is 5.54 Å². The van der Waals surface area contributed by atoms with Crippen LogP contribution in [0.25, 0.3) is 0 Å². The Morgan fingerprint density at radius 1 is 1.31 bits per heavy atom. The fourth-order valence-electron chi connectivity index (χ4n) is 2.95. The first kappa shape index (κ1) is 10.1. The molecule has 1 atom stereocenters. The lowest BCUT2D eigenvalue weighted by atomic mass is 9.75. The van der Waals surface area contributed by atoms with E-state index in [0.717, 1.165) is 32.1 Å². The Balaban J connectivity index is 1.89. The normalized spacial score (nSPS) is 39.1. The Morgan fingerprint density at radius 3 is 2.62 bits per heavy atom. The third-order valence-electron chi connectivity index (χ3n) is 4.32. The number of guanidine groups is 1. The molecule has 3 fully saturated rings. The molecule has 1 aliphatic heterocycles. The van der Waals surface area contributed by atoms with Crippen LogP contribution in [0.5, 0.6) is 0 Å². The largest absolute Gasteiger partial charge is 0.341 e. The summed E-state index contributed by atoms with van der Waals surface area (Å²) in [6, 6.07) is 0.447. The van der Waals surface area contributed by atoms with E-state index in [0.29, 0.717) is 12.0 Å². The van der Waals surface area contributed by atoms with Gasteiger partial charge in [-0.05, 0) is 37.5 Å². The first-order valence-corrected chi connectivity index (χ1v) is 6.21. The summed E-state index contributed by atoms with van der Waals surface area (Å²) in [7, 11) is 0. The topological polar surface area (TPSA) is 53.5 Å². The standard InChI is InChI=1S/C12H19N3O/c1-11(2)6-3-7-12(11)9(16)14-10(15-12)13-8-4-5-8/h8H,3-7H2,1-2H3,(H2,13,14,15,16). The maximum Gasteiger partial charge on any atom is 0.252 e. The molecule has 2 saturated carbocycles. The molecule has 1 heterocycles. The molecule has 4 nitrogen and oxygen atoms in total. The first-order chi connectivity index (χ1) is 7.53. The molecule has 1 unspecified atom stereocenters. The van der Waals surface area contributed by atoms with Gasteiger partial charge in [0.15, 0.2) is 5.96 Å². The van der Waals surface area contributed by atoms with Gasteiger partial charge in [-0.25, -0.2) is 4.99 Å². The summed E-state index contributed by atoms with van der Waals surface area (Å²) in [4.78, 5) is 16.7. The molecule has 0 radical (unpaired) electrons. The van der Waals surface area contributed by atoms with Crippen LogP contribution in [-0.4, -0.2) is 23.4 Å². The van der Waals surface area contributed by atoms with E-state index in [-0.39, 0.29) is 11.3 Å². The van der Waals surface area contributed by atoms with Crippen molar-refractivity contribution in [3.05, 3.63) is 0 Å². The average Bonchev–Trinajstić information content (AvgIpc) is 2.86. The van der Waals surface area contributed by atoms with Gasteiger partial charge < -0.3 is 5.32 Å². The van der Waals surface area contributed by atoms with Crippen molar-refractivity contribution in [3.63, 3.8) is 0 Å². The maximum absolute atomic E-state index is 12.2. The van der Waals surface area contributed by atoms with Crippen LogP contribution >= 0.6 is 0 Å². The summed E-state index contributed by atoms with van der Waals surface area (Å²) in [6.45, 7) is 4.35. The second-order valence-electron chi connectivity index (χ2n) is 5.93. The second kappa shape index (κ2) is 2.99. The highest BCUT2D eigenvalue weighted by atomic mass is 16.2. The highest BCUT2D eigenvalue weighted by molar-refractivity contribution is 6.09. The van der Waals surface area contributed by atoms with Gasteiger partial charge >= 0.3 is 0 Å². The fourth-order valence-corrected chi connectivity index (χ4v) is 2.95. The van der Waals surface area contributed by atoms with Crippen LogP contribution in [0.4, 0.5) is 0 Å². The van der Waals surface area contributed by atoms with Crippen molar-refractivity contribution in [1.29, 1.82) is 0 Å². The summed E-state index contributed by atoms with van der Waals surface area (Å²) >= 11 is 0. The van der Waals surface area contributed by atoms with Crippen LogP contribution < -0.4 is 10.6 Å². The zero-order chi connectivity index (χ0) is 11.4. The number of nitrogens with one attached hydrogen (secondary N) is 2. The number of carbonyl (C=O) groups is 1. The van der Waals surface area contributed by atoms with Gasteiger partial charge in [0, 0.05) is 0 Å². The number of amides is 1. The summed E-state index contributed by atoms with van der Waals surface area (Å²) in [5.41, 5.74) is -0.376. The molecule has 0 bridgehead atoms. The Bertz CT molecular complexity index is 370. The maximum atomic E-state index is 12.2. The molecule has 1 spiro atoms. The van der Waals surface area contributed by atoms with Gasteiger partial charge in [0.2, 0.25) is 0 Å². The zero-order valence-electron chi connectivity index (χ0n) is 9.97. The van der Waals surface area contributed by atoms with Gasteiger partial charge in [-0.1, -0.05) is 13.8 Å². The molecule has 2 aliphatic carbocycles. The lowest BCUT2D eigenvalue weighted by Gasteiger charge is -2.35. The van der Waals surface area contributed by atoms with Gasteiger partial charge in [0.05, 0.1) is 6.04 Å².